The van der Waals surface area contributed by atoms with Gasteiger partial charge in [0.1, 0.15) is 11.5 Å². The maximum atomic E-state index is 12.7. The van der Waals surface area contributed by atoms with Crippen molar-refractivity contribution in [1.29, 1.82) is 0 Å². The number of carbonyl (C=O) groups is 1. The summed E-state index contributed by atoms with van der Waals surface area (Å²) in [4.78, 5) is 14.6. The fraction of sp³-hybridized carbons (Fsp3) is 0.588. The Morgan fingerprint density at radius 1 is 1.14 bits per heavy atom. The summed E-state index contributed by atoms with van der Waals surface area (Å²) in [5.41, 5.74) is 0.624. The molecule has 1 heterocycles. The van der Waals surface area contributed by atoms with Gasteiger partial charge in [-0.3, -0.25) is 4.79 Å². The minimum absolute atomic E-state index is 0.0367. The lowest BCUT2D eigenvalue weighted by atomic mass is 10.1. The third kappa shape index (κ3) is 4.37. The minimum Gasteiger partial charge on any atom is -0.493 e. The highest BCUT2D eigenvalue weighted by atomic mass is 16.5. The number of benzene rings is 1. The first-order valence-corrected chi connectivity index (χ1v) is 8.16. The third-order valence-corrected chi connectivity index (χ3v) is 3.52. The number of ether oxygens (including phenoxy) is 2. The SMILES string of the molecule is CCCOc1ccc(C(=O)N2CCNCC2)c(OCCC)c1. The standard InChI is InChI=1S/C17H26N2O3/c1-3-11-21-14-5-6-15(16(13-14)22-12-4-2)17(20)19-9-7-18-8-10-19/h5-6,13,18H,3-4,7-12H2,1-2H3. The summed E-state index contributed by atoms with van der Waals surface area (Å²) in [6.07, 6.45) is 1.86. The molecule has 0 spiro atoms. The summed E-state index contributed by atoms with van der Waals surface area (Å²) < 4.78 is 11.4. The fourth-order valence-electron chi connectivity index (χ4n) is 2.36. The van der Waals surface area contributed by atoms with Crippen LogP contribution in [0.1, 0.15) is 37.0 Å². The highest BCUT2D eigenvalue weighted by Gasteiger charge is 2.21. The zero-order valence-corrected chi connectivity index (χ0v) is 13.6. The Morgan fingerprint density at radius 2 is 1.82 bits per heavy atom. The van der Waals surface area contributed by atoms with Crippen LogP contribution in [0.3, 0.4) is 0 Å². The number of piperazine rings is 1. The molecule has 0 unspecified atom stereocenters. The van der Waals surface area contributed by atoms with E-state index in [0.717, 1.165) is 44.8 Å². The second-order valence-electron chi connectivity index (χ2n) is 5.40. The van der Waals surface area contributed by atoms with Crippen LogP contribution in [0.4, 0.5) is 0 Å². The van der Waals surface area contributed by atoms with Gasteiger partial charge >= 0.3 is 0 Å². The largest absolute Gasteiger partial charge is 0.493 e. The Kier molecular flexibility index (Phi) is 6.52. The van der Waals surface area contributed by atoms with Crippen LogP contribution >= 0.6 is 0 Å². The van der Waals surface area contributed by atoms with Gasteiger partial charge in [-0.15, -0.1) is 0 Å². The van der Waals surface area contributed by atoms with Gasteiger partial charge in [0.2, 0.25) is 0 Å². The number of rotatable bonds is 7. The number of hydrogen-bond acceptors (Lipinski definition) is 4. The molecule has 0 saturated carbocycles. The van der Waals surface area contributed by atoms with Crippen molar-refractivity contribution in [3.63, 3.8) is 0 Å². The lowest BCUT2D eigenvalue weighted by molar-refractivity contribution is 0.0731. The Balaban J connectivity index is 2.17. The smallest absolute Gasteiger partial charge is 0.257 e. The molecule has 2 rings (SSSR count). The van der Waals surface area contributed by atoms with Crippen molar-refractivity contribution < 1.29 is 14.3 Å². The van der Waals surface area contributed by atoms with Gasteiger partial charge in [-0.05, 0) is 25.0 Å². The molecule has 1 aromatic rings. The van der Waals surface area contributed by atoms with Crippen molar-refractivity contribution >= 4 is 5.91 Å². The van der Waals surface area contributed by atoms with Crippen molar-refractivity contribution in [2.24, 2.45) is 0 Å². The zero-order chi connectivity index (χ0) is 15.8. The molecule has 1 aliphatic rings. The van der Waals surface area contributed by atoms with Crippen LogP contribution in [0.25, 0.3) is 0 Å². The highest BCUT2D eigenvalue weighted by Crippen LogP contribution is 2.27. The average molecular weight is 306 g/mol. The van der Waals surface area contributed by atoms with Gasteiger partial charge in [-0.25, -0.2) is 0 Å². The third-order valence-electron chi connectivity index (χ3n) is 3.52. The number of hydrogen-bond donors (Lipinski definition) is 1. The van der Waals surface area contributed by atoms with E-state index in [1.807, 2.05) is 23.1 Å². The second kappa shape index (κ2) is 8.63. The Hall–Kier alpha value is -1.75. The molecule has 1 saturated heterocycles. The predicted molar refractivity (Wildman–Crippen MR) is 86.8 cm³/mol. The van der Waals surface area contributed by atoms with Gasteiger partial charge in [-0.2, -0.15) is 0 Å². The van der Waals surface area contributed by atoms with E-state index in [4.69, 9.17) is 9.47 Å². The van der Waals surface area contributed by atoms with Crippen LogP contribution in [0, 0.1) is 0 Å². The average Bonchev–Trinajstić information content (AvgIpc) is 2.58. The Morgan fingerprint density at radius 3 is 2.50 bits per heavy atom. The van der Waals surface area contributed by atoms with Gasteiger partial charge in [0.05, 0.1) is 18.8 Å². The van der Waals surface area contributed by atoms with Crippen molar-refractivity contribution in [2.45, 2.75) is 26.7 Å². The molecule has 5 nitrogen and oxygen atoms in total. The molecule has 122 valence electrons. The topological polar surface area (TPSA) is 50.8 Å². The molecule has 22 heavy (non-hydrogen) atoms. The first-order valence-electron chi connectivity index (χ1n) is 8.16. The molecule has 0 atom stereocenters. The molecular weight excluding hydrogens is 280 g/mol. The lowest BCUT2D eigenvalue weighted by Crippen LogP contribution is -2.46. The van der Waals surface area contributed by atoms with Crippen LogP contribution in [0.5, 0.6) is 11.5 Å². The van der Waals surface area contributed by atoms with E-state index < -0.39 is 0 Å². The predicted octanol–water partition coefficient (Wildman–Crippen LogP) is 2.31. The molecule has 1 aliphatic heterocycles. The Labute approximate surface area is 132 Å². The van der Waals surface area contributed by atoms with Gasteiger partial charge in [0.15, 0.2) is 0 Å². The van der Waals surface area contributed by atoms with Gasteiger partial charge < -0.3 is 19.7 Å². The fourth-order valence-corrected chi connectivity index (χ4v) is 2.36. The molecule has 0 aromatic heterocycles. The molecule has 0 bridgehead atoms. The van der Waals surface area contributed by atoms with Crippen LogP contribution < -0.4 is 14.8 Å². The summed E-state index contributed by atoms with van der Waals surface area (Å²) in [5.74, 6) is 1.42. The molecule has 1 fully saturated rings. The maximum absolute atomic E-state index is 12.7. The number of amides is 1. The van der Waals surface area contributed by atoms with Crippen molar-refractivity contribution in [3.05, 3.63) is 23.8 Å². The molecule has 1 amide bonds. The molecule has 1 N–H and O–H groups in total. The number of nitrogens with one attached hydrogen (secondary N) is 1. The van der Waals surface area contributed by atoms with Crippen molar-refractivity contribution in [3.8, 4) is 11.5 Å². The van der Waals surface area contributed by atoms with Crippen LogP contribution in [0.15, 0.2) is 18.2 Å². The summed E-state index contributed by atoms with van der Waals surface area (Å²) >= 11 is 0. The number of carbonyl (C=O) groups excluding carboxylic acids is 1. The lowest BCUT2D eigenvalue weighted by Gasteiger charge is -2.28. The van der Waals surface area contributed by atoms with Crippen molar-refractivity contribution in [1.82, 2.24) is 10.2 Å². The van der Waals surface area contributed by atoms with E-state index in [-0.39, 0.29) is 5.91 Å². The normalized spacial score (nSPS) is 14.7. The van der Waals surface area contributed by atoms with E-state index in [1.165, 1.54) is 0 Å². The van der Waals surface area contributed by atoms with E-state index in [9.17, 15) is 4.79 Å². The molecule has 5 heteroatoms. The van der Waals surface area contributed by atoms with Crippen molar-refractivity contribution in [2.75, 3.05) is 39.4 Å². The molecule has 1 aromatic carbocycles. The van der Waals surface area contributed by atoms with E-state index in [0.29, 0.717) is 24.5 Å². The first-order chi connectivity index (χ1) is 10.8. The van der Waals surface area contributed by atoms with E-state index in [1.54, 1.807) is 0 Å². The molecule has 0 radical (unpaired) electrons. The zero-order valence-electron chi connectivity index (χ0n) is 13.6. The molecule has 0 aliphatic carbocycles. The van der Waals surface area contributed by atoms with E-state index in [2.05, 4.69) is 19.2 Å². The van der Waals surface area contributed by atoms with Crippen LogP contribution in [-0.2, 0) is 0 Å². The summed E-state index contributed by atoms with van der Waals surface area (Å²) in [6.45, 7) is 8.53. The summed E-state index contributed by atoms with van der Waals surface area (Å²) in [6, 6.07) is 5.50. The van der Waals surface area contributed by atoms with E-state index >= 15 is 0 Å². The highest BCUT2D eigenvalue weighted by molar-refractivity contribution is 5.97. The quantitative estimate of drug-likeness (QED) is 0.840. The van der Waals surface area contributed by atoms with Gasteiger partial charge in [-0.1, -0.05) is 13.8 Å². The monoisotopic (exact) mass is 306 g/mol. The molecular formula is C17H26N2O3. The second-order valence-corrected chi connectivity index (χ2v) is 5.40. The summed E-state index contributed by atoms with van der Waals surface area (Å²) in [7, 11) is 0. The summed E-state index contributed by atoms with van der Waals surface area (Å²) in [5, 5.41) is 3.26. The van der Waals surface area contributed by atoms with Gasteiger partial charge in [0, 0.05) is 32.2 Å². The number of nitrogens with zero attached hydrogens (tertiary/aromatic N) is 1. The van der Waals surface area contributed by atoms with Gasteiger partial charge in [0.25, 0.3) is 5.91 Å². The van der Waals surface area contributed by atoms with Crippen LogP contribution in [-0.4, -0.2) is 50.2 Å². The first kappa shape index (κ1) is 16.6. The maximum Gasteiger partial charge on any atom is 0.257 e. The minimum atomic E-state index is 0.0367. The van der Waals surface area contributed by atoms with Crippen LogP contribution in [0.2, 0.25) is 0 Å². The Bertz CT molecular complexity index is 485.